The first kappa shape index (κ1) is 57.6. The molecule has 0 unspecified atom stereocenters. The molecule has 0 bridgehead atoms. The average molecular weight is 1460 g/mol. The van der Waals surface area contributed by atoms with Gasteiger partial charge in [0.2, 0.25) is 0 Å². The first-order valence-corrected chi connectivity index (χ1v) is 38.4. The second-order valence-electron chi connectivity index (χ2n) is 35.9. The van der Waals surface area contributed by atoms with Gasteiger partial charge in [0, 0.05) is 56.1 Å². The van der Waals surface area contributed by atoms with Crippen molar-refractivity contribution in [1.82, 2.24) is 15.0 Å². The van der Waals surface area contributed by atoms with E-state index in [0.717, 1.165) is 100 Å². The monoisotopic (exact) mass is 1460 g/mol. The zero-order chi connectivity index (χ0) is 90.9. The van der Waals surface area contributed by atoms with Crippen molar-refractivity contribution in [2.24, 2.45) is 0 Å². The Balaban J connectivity index is 1.18. The van der Waals surface area contributed by atoms with E-state index in [1.807, 2.05) is 66.7 Å². The van der Waals surface area contributed by atoms with Crippen molar-refractivity contribution in [1.29, 1.82) is 0 Å². The van der Waals surface area contributed by atoms with E-state index in [1.54, 1.807) is 0 Å². The lowest BCUT2D eigenvalue weighted by Crippen LogP contribution is -2.61. The van der Waals surface area contributed by atoms with Crippen molar-refractivity contribution in [3.63, 3.8) is 0 Å². The van der Waals surface area contributed by atoms with Gasteiger partial charge in [-0.2, -0.15) is 0 Å². The van der Waals surface area contributed by atoms with Crippen LogP contribution in [0.4, 0.5) is 34.1 Å². The van der Waals surface area contributed by atoms with Crippen LogP contribution >= 0.6 is 0 Å². The summed E-state index contributed by atoms with van der Waals surface area (Å²) >= 11 is 0. The van der Waals surface area contributed by atoms with Crippen LogP contribution in [0.2, 0.25) is 0 Å². The lowest BCUT2D eigenvalue weighted by molar-refractivity contribution is 0.568. The summed E-state index contributed by atoms with van der Waals surface area (Å²) in [6, 6.07) is 61.6. The third kappa shape index (κ3) is 14.2. The fourth-order valence-electron chi connectivity index (χ4n) is 15.4. The largest absolute Gasteiger partial charge is 0.310 e. The lowest BCUT2D eigenvalue weighted by atomic mass is 9.33. The van der Waals surface area contributed by atoms with Crippen molar-refractivity contribution in [2.75, 3.05) is 9.80 Å². The van der Waals surface area contributed by atoms with Crippen LogP contribution in [0.3, 0.4) is 0 Å². The molecule has 0 aliphatic carbocycles. The third-order valence-corrected chi connectivity index (χ3v) is 21.8. The number of rotatable bonds is 11. The molecule has 0 radical (unpaired) electrons. The molecule has 0 amide bonds. The molecule has 0 N–H and O–H groups in total. The first-order chi connectivity index (χ1) is 59.0. The molecule has 1 aromatic heterocycles. The van der Waals surface area contributed by atoms with E-state index in [-0.39, 0.29) is 38.8 Å². The van der Waals surface area contributed by atoms with Crippen LogP contribution in [-0.4, -0.2) is 21.7 Å². The van der Waals surface area contributed by atoms with Crippen LogP contribution in [-0.2, 0) is 32.5 Å². The van der Waals surface area contributed by atoms with Gasteiger partial charge in [-0.1, -0.05) is 367 Å². The van der Waals surface area contributed by atoms with Gasteiger partial charge in [-0.25, -0.2) is 15.0 Å². The topological polar surface area (TPSA) is 45.2 Å². The smallest absolute Gasteiger partial charge is 0.252 e. The summed E-state index contributed by atoms with van der Waals surface area (Å²) in [5.41, 5.74) is 18.8. The molecule has 0 atom stereocenters. The van der Waals surface area contributed by atoms with Crippen molar-refractivity contribution in [2.45, 2.75) is 157 Å². The van der Waals surface area contributed by atoms with Gasteiger partial charge in [0.15, 0.2) is 17.5 Å². The first-order valence-electron chi connectivity index (χ1n) is 45.9. The van der Waals surface area contributed by atoms with Gasteiger partial charge in [0.1, 0.15) is 0 Å². The summed E-state index contributed by atoms with van der Waals surface area (Å²) in [5, 5.41) is 0. The average Bonchev–Trinajstić information content (AvgIpc) is 0.683. The van der Waals surface area contributed by atoms with Gasteiger partial charge in [0.05, 0.1) is 31.9 Å². The van der Waals surface area contributed by atoms with Crippen molar-refractivity contribution in [3.05, 3.63) is 324 Å². The summed E-state index contributed by atoms with van der Waals surface area (Å²) in [6.45, 7) is 39.1. The summed E-state index contributed by atoms with van der Waals surface area (Å²) in [4.78, 5) is 20.3. The molecule has 0 fully saturated rings. The zero-order valence-electron chi connectivity index (χ0n) is 81.9. The molecule has 0 spiro atoms. The Bertz CT molecular complexity index is 6550. The minimum absolute atomic E-state index is 0.0548. The normalized spacial score (nSPS) is 15.0. The fraction of sp³-hybridized carbons (Fsp3) is 0.229. The highest BCUT2D eigenvalue weighted by Crippen LogP contribution is 2.56. The second-order valence-corrected chi connectivity index (χ2v) is 35.9. The van der Waals surface area contributed by atoms with Gasteiger partial charge >= 0.3 is 0 Å². The number of hydrogen-bond acceptors (Lipinski definition) is 5. The van der Waals surface area contributed by atoms with Gasteiger partial charge in [-0.3, -0.25) is 0 Å². The molecule has 16 rings (SSSR count). The summed E-state index contributed by atoms with van der Waals surface area (Å²) in [7, 11) is 0. The van der Waals surface area contributed by atoms with E-state index >= 15 is 0 Å². The molecule has 0 saturated carbocycles. The molecular weight excluding hydrogens is 1340 g/mol. The van der Waals surface area contributed by atoms with Crippen LogP contribution < -0.4 is 26.2 Å². The second kappa shape index (κ2) is 27.8. The number of fused-ring (bicyclic) bond motifs is 4. The van der Waals surface area contributed by atoms with Gasteiger partial charge in [-0.15, -0.1) is 0 Å². The quantitative estimate of drug-likeness (QED) is 0.121. The molecule has 3 heterocycles. The number of anilines is 6. The summed E-state index contributed by atoms with van der Waals surface area (Å²) in [6.07, 6.45) is 0. The van der Waals surface area contributed by atoms with Gasteiger partial charge in [-0.05, 0) is 181 Å². The minimum atomic E-state index is -0.725. The fourth-order valence-corrected chi connectivity index (χ4v) is 15.4. The Morgan fingerprint density at radius 1 is 0.243 bits per heavy atom. The molecular formula is C105H102BN5. The van der Waals surface area contributed by atoms with Crippen molar-refractivity contribution >= 4 is 57.2 Å². The van der Waals surface area contributed by atoms with E-state index < -0.39 is 136 Å². The van der Waals surface area contributed by atoms with E-state index in [1.165, 1.54) is 11.1 Å². The number of nitrogens with zero attached hydrogens (tertiary/aromatic N) is 5. The molecule has 5 nitrogen and oxygen atoms in total. The Morgan fingerprint density at radius 2 is 0.523 bits per heavy atom. The van der Waals surface area contributed by atoms with E-state index in [0.29, 0.717) is 28.2 Å². The lowest BCUT2D eigenvalue weighted by Gasteiger charge is -2.46. The zero-order valence-corrected chi connectivity index (χ0v) is 66.9. The highest BCUT2D eigenvalue weighted by molar-refractivity contribution is 7.00. The number of aromatic nitrogens is 3. The highest BCUT2D eigenvalue weighted by atomic mass is 15.2. The maximum Gasteiger partial charge on any atom is 0.252 e. The van der Waals surface area contributed by atoms with E-state index in [9.17, 15) is 11.0 Å². The molecule has 0 saturated heterocycles. The number of hydrogen-bond donors (Lipinski definition) is 0. The van der Waals surface area contributed by atoms with Crippen molar-refractivity contribution < 1.29 is 20.6 Å². The predicted molar refractivity (Wildman–Crippen MR) is 475 cm³/mol. The van der Waals surface area contributed by atoms with Crippen LogP contribution in [0.15, 0.2) is 291 Å². The molecule has 14 aromatic rings. The standard InChI is InChI=1S/C105H102BN5/c1-100(2,3)78-53-75(54-79(61-78)101(4,5)6)74-50-52-89-91(58-74)110(95-84(68-39-27-20-28-40-68)63-82(104(13,14)15)64-85(95)69-41-29-21-30-42-69)92-59-77(76-55-80(102(7,8)9)62-81(56-76)103(10,11)12)60-93-94(92)106(89)88-51-49-73(67-37-25-19-26-38-67)57-90(88)111(93)96-86(70-43-31-22-32-44-70)65-83(105(16,17)18)66-87(96)99-108-97(71-45-33-23-34-46-71)107-98(109-99)72-47-35-24-36-48-72/h19-66H,1-18H3/i19D,23D,24D,25D,26D,33D,34D,35D,36D,37D,38D,45D,46D,47D,48D. The van der Waals surface area contributed by atoms with Crippen LogP contribution in [0.5, 0.6) is 0 Å². The maximum absolute atomic E-state index is 9.85. The van der Waals surface area contributed by atoms with Crippen LogP contribution in [0.25, 0.3) is 101 Å². The SMILES string of the molecule is [2H]c1c([2H])c([2H])c(-c2ccc3c(c2)N(c2c(-c4ccccc4)cc(C(C)(C)C)cc2-c2nc(-c4c([2H])c([2H])c([2H])c([2H])c4[2H])nc(-c4c([2H])c([2H])c([2H])c([2H])c4[2H])n2)c2cc(-c4cc(C(C)(C)C)cc(C(C)(C)C)c4)cc4c2B3c2ccc(-c3cc(C(C)(C)C)cc(C(C)(C)C)c3)cc2N4c2c(-c3ccccc3)cc(C(C)(C)C)cc2-c2ccccc2)c([2H])c1[2H]. The molecule has 2 aliphatic heterocycles. The maximum atomic E-state index is 9.85. The Morgan fingerprint density at radius 3 is 0.874 bits per heavy atom. The van der Waals surface area contributed by atoms with Gasteiger partial charge < -0.3 is 9.80 Å². The molecule has 111 heavy (non-hydrogen) atoms. The third-order valence-electron chi connectivity index (χ3n) is 21.8. The Hall–Kier alpha value is -11.5. The van der Waals surface area contributed by atoms with Crippen molar-refractivity contribution in [3.8, 4) is 101 Å². The molecule has 550 valence electrons. The summed E-state index contributed by atoms with van der Waals surface area (Å²) < 4.78 is 140. The molecule has 6 heteroatoms. The predicted octanol–water partition coefficient (Wildman–Crippen LogP) is 26.7. The van der Waals surface area contributed by atoms with Gasteiger partial charge in [0.25, 0.3) is 6.71 Å². The molecule has 13 aromatic carbocycles. The Kier molecular flexibility index (Phi) is 14.4. The molecule has 2 aliphatic rings. The Labute approximate surface area is 681 Å². The number of benzene rings is 13. The van der Waals surface area contributed by atoms with E-state index in [2.05, 4.69) is 268 Å². The van der Waals surface area contributed by atoms with Crippen LogP contribution in [0.1, 0.15) is 179 Å². The summed E-state index contributed by atoms with van der Waals surface area (Å²) in [5.74, 6) is -1.12. The van der Waals surface area contributed by atoms with Crippen LogP contribution in [0, 0.1) is 0 Å². The minimum Gasteiger partial charge on any atom is -0.310 e. The highest BCUT2D eigenvalue weighted by Gasteiger charge is 2.47. The van der Waals surface area contributed by atoms with E-state index in [4.69, 9.17) is 24.5 Å².